The first-order valence-corrected chi connectivity index (χ1v) is 5.72. The average Bonchev–Trinajstić information content (AvgIpc) is 2.31. The minimum absolute atomic E-state index is 0. The second kappa shape index (κ2) is 5.67. The van der Waals surface area contributed by atoms with Gasteiger partial charge in [-0.15, -0.1) is 12.4 Å². The first kappa shape index (κ1) is 14.9. The fraction of sp³-hybridized carbons (Fsp3) is 0.462. The van der Waals surface area contributed by atoms with E-state index < -0.39 is 11.4 Å². The van der Waals surface area contributed by atoms with Crippen molar-refractivity contribution in [1.29, 1.82) is 0 Å². The van der Waals surface area contributed by atoms with Crippen LogP contribution in [0.1, 0.15) is 18.4 Å². The highest BCUT2D eigenvalue weighted by Gasteiger charge is 2.42. The summed E-state index contributed by atoms with van der Waals surface area (Å²) >= 11 is 0. The van der Waals surface area contributed by atoms with Gasteiger partial charge in [-0.3, -0.25) is 4.79 Å². The van der Waals surface area contributed by atoms with Crippen molar-refractivity contribution in [2.24, 2.45) is 0 Å². The molecule has 1 aliphatic rings. The van der Waals surface area contributed by atoms with Crippen LogP contribution < -0.4 is 0 Å². The Bertz CT molecular complexity index is 414. The van der Waals surface area contributed by atoms with E-state index in [0.717, 1.165) is 13.1 Å². The van der Waals surface area contributed by atoms with Crippen molar-refractivity contribution < 1.29 is 14.3 Å². The van der Waals surface area contributed by atoms with Gasteiger partial charge in [0, 0.05) is 0 Å². The van der Waals surface area contributed by atoms with Crippen LogP contribution in [0.4, 0.5) is 4.39 Å². The van der Waals surface area contributed by atoms with Crippen LogP contribution in [-0.4, -0.2) is 36.1 Å². The molecule has 0 aromatic heterocycles. The van der Waals surface area contributed by atoms with Crippen molar-refractivity contribution in [3.05, 3.63) is 35.6 Å². The summed E-state index contributed by atoms with van der Waals surface area (Å²) in [4.78, 5) is 13.7. The zero-order chi connectivity index (χ0) is 12.5. The van der Waals surface area contributed by atoms with Crippen LogP contribution in [0.25, 0.3) is 0 Å². The maximum absolute atomic E-state index is 12.9. The zero-order valence-corrected chi connectivity index (χ0v) is 11.0. The highest BCUT2D eigenvalue weighted by Crippen LogP contribution is 2.35. The lowest BCUT2D eigenvalue weighted by Crippen LogP contribution is -2.46. The molecular weight excluding hydrogens is 257 g/mol. The molecule has 3 nitrogen and oxygen atoms in total. The van der Waals surface area contributed by atoms with Gasteiger partial charge in [-0.1, -0.05) is 12.1 Å². The van der Waals surface area contributed by atoms with E-state index in [4.69, 9.17) is 0 Å². The highest BCUT2D eigenvalue weighted by atomic mass is 35.5. The number of rotatable bonds is 2. The first-order chi connectivity index (χ1) is 8.04. The SMILES string of the molecule is CN1CCC(C(=O)O)(c2ccc(F)cc2)CC1.Cl. The molecule has 1 aromatic rings. The second-order valence-electron chi connectivity index (χ2n) is 4.70. The van der Waals surface area contributed by atoms with Crippen LogP contribution in [-0.2, 0) is 10.2 Å². The van der Waals surface area contributed by atoms with E-state index in [1.807, 2.05) is 7.05 Å². The van der Waals surface area contributed by atoms with E-state index in [0.29, 0.717) is 18.4 Å². The number of hydrogen-bond acceptors (Lipinski definition) is 2. The third-order valence-corrected chi connectivity index (χ3v) is 3.65. The predicted octanol–water partition coefficient (Wildman–Crippen LogP) is 2.30. The Kier molecular flexibility index (Phi) is 4.71. The van der Waals surface area contributed by atoms with Crippen molar-refractivity contribution in [2.45, 2.75) is 18.3 Å². The molecule has 0 atom stereocenters. The standard InChI is InChI=1S/C13H16FNO2.ClH/c1-15-8-6-13(7-9-15,12(16)17)10-2-4-11(14)5-3-10;/h2-5H,6-9H2,1H3,(H,16,17);1H. The molecule has 0 spiro atoms. The fourth-order valence-corrected chi connectivity index (χ4v) is 2.40. The number of aliphatic carboxylic acids is 1. The molecule has 1 saturated heterocycles. The Balaban J connectivity index is 0.00000162. The third-order valence-electron chi connectivity index (χ3n) is 3.65. The molecule has 0 saturated carbocycles. The highest BCUT2D eigenvalue weighted by molar-refractivity contribution is 5.85. The summed E-state index contributed by atoms with van der Waals surface area (Å²) in [6.45, 7) is 1.51. The monoisotopic (exact) mass is 273 g/mol. The number of carboxylic acid groups (broad SMARTS) is 1. The summed E-state index contributed by atoms with van der Waals surface area (Å²) in [5, 5.41) is 9.49. The Labute approximate surface area is 112 Å². The molecule has 0 amide bonds. The Hall–Kier alpha value is -1.13. The van der Waals surface area contributed by atoms with Crippen molar-refractivity contribution >= 4 is 18.4 Å². The number of benzene rings is 1. The Morgan fingerprint density at radius 2 is 1.78 bits per heavy atom. The van der Waals surface area contributed by atoms with E-state index >= 15 is 0 Å². The largest absolute Gasteiger partial charge is 0.481 e. The molecule has 1 aromatic carbocycles. The Morgan fingerprint density at radius 1 is 1.28 bits per heavy atom. The minimum Gasteiger partial charge on any atom is -0.481 e. The summed E-state index contributed by atoms with van der Waals surface area (Å²) in [6, 6.07) is 5.85. The molecular formula is C13H17ClFNO2. The molecule has 18 heavy (non-hydrogen) atoms. The maximum Gasteiger partial charge on any atom is 0.314 e. The smallest absolute Gasteiger partial charge is 0.314 e. The van der Waals surface area contributed by atoms with Crippen molar-refractivity contribution in [1.82, 2.24) is 4.90 Å². The van der Waals surface area contributed by atoms with E-state index in [1.54, 1.807) is 12.1 Å². The number of hydrogen-bond donors (Lipinski definition) is 1. The molecule has 0 aliphatic carbocycles. The van der Waals surface area contributed by atoms with Crippen LogP contribution in [0, 0.1) is 5.82 Å². The van der Waals surface area contributed by atoms with Gasteiger partial charge in [0.2, 0.25) is 0 Å². The summed E-state index contributed by atoms with van der Waals surface area (Å²) in [5.74, 6) is -1.14. The summed E-state index contributed by atoms with van der Waals surface area (Å²) in [5.41, 5.74) is -0.139. The predicted molar refractivity (Wildman–Crippen MR) is 69.7 cm³/mol. The number of nitrogens with zero attached hydrogens (tertiary/aromatic N) is 1. The maximum atomic E-state index is 12.9. The molecule has 1 fully saturated rings. The molecule has 1 aliphatic heterocycles. The molecule has 1 N–H and O–H groups in total. The van der Waals surface area contributed by atoms with Crippen LogP contribution >= 0.6 is 12.4 Å². The van der Waals surface area contributed by atoms with Crippen molar-refractivity contribution in [3.8, 4) is 0 Å². The minimum atomic E-state index is -0.847. The van der Waals surface area contributed by atoms with Gasteiger partial charge in [-0.25, -0.2) is 4.39 Å². The summed E-state index contributed by atoms with van der Waals surface area (Å²) in [6.07, 6.45) is 1.15. The van der Waals surface area contributed by atoms with E-state index in [2.05, 4.69) is 4.90 Å². The molecule has 100 valence electrons. The van der Waals surface area contributed by atoms with E-state index in [-0.39, 0.29) is 18.2 Å². The van der Waals surface area contributed by atoms with Gasteiger partial charge in [0.05, 0.1) is 5.41 Å². The number of likely N-dealkylation sites (tertiary alicyclic amines) is 1. The third kappa shape index (κ3) is 2.65. The van der Waals surface area contributed by atoms with Gasteiger partial charge in [-0.05, 0) is 50.7 Å². The molecule has 0 unspecified atom stereocenters. The van der Waals surface area contributed by atoms with Crippen LogP contribution in [0.5, 0.6) is 0 Å². The van der Waals surface area contributed by atoms with Gasteiger partial charge < -0.3 is 10.0 Å². The van der Waals surface area contributed by atoms with Crippen LogP contribution in [0.2, 0.25) is 0 Å². The van der Waals surface area contributed by atoms with Gasteiger partial charge in [0.15, 0.2) is 0 Å². The number of carbonyl (C=O) groups is 1. The molecule has 0 bridgehead atoms. The van der Waals surface area contributed by atoms with Gasteiger partial charge in [-0.2, -0.15) is 0 Å². The van der Waals surface area contributed by atoms with Crippen molar-refractivity contribution in [3.63, 3.8) is 0 Å². The lowest BCUT2D eigenvalue weighted by atomic mass is 9.73. The Morgan fingerprint density at radius 3 is 2.22 bits per heavy atom. The lowest BCUT2D eigenvalue weighted by Gasteiger charge is -2.37. The fourth-order valence-electron chi connectivity index (χ4n) is 2.40. The molecule has 1 heterocycles. The first-order valence-electron chi connectivity index (χ1n) is 5.72. The van der Waals surface area contributed by atoms with Gasteiger partial charge in [0.1, 0.15) is 5.82 Å². The topological polar surface area (TPSA) is 40.5 Å². The molecule has 5 heteroatoms. The summed E-state index contributed by atoms with van der Waals surface area (Å²) in [7, 11) is 1.98. The van der Waals surface area contributed by atoms with Crippen molar-refractivity contribution in [2.75, 3.05) is 20.1 Å². The molecule has 0 radical (unpaired) electrons. The number of halogens is 2. The number of carboxylic acids is 1. The van der Waals surface area contributed by atoms with E-state index in [1.165, 1.54) is 12.1 Å². The van der Waals surface area contributed by atoms with E-state index in [9.17, 15) is 14.3 Å². The molecule has 2 rings (SSSR count). The zero-order valence-electron chi connectivity index (χ0n) is 10.2. The second-order valence-corrected chi connectivity index (χ2v) is 4.70. The van der Waals surface area contributed by atoms with Gasteiger partial charge >= 0.3 is 5.97 Å². The average molecular weight is 274 g/mol. The van der Waals surface area contributed by atoms with Crippen LogP contribution in [0.15, 0.2) is 24.3 Å². The van der Waals surface area contributed by atoms with Gasteiger partial charge in [0.25, 0.3) is 0 Å². The lowest BCUT2D eigenvalue weighted by molar-refractivity contribution is -0.145. The normalized spacial score (nSPS) is 19.0. The van der Waals surface area contributed by atoms with Crippen LogP contribution in [0.3, 0.4) is 0 Å². The quantitative estimate of drug-likeness (QED) is 0.899. The number of piperidine rings is 1. The summed E-state index contributed by atoms with van der Waals surface area (Å²) < 4.78 is 12.9.